The highest BCUT2D eigenvalue weighted by molar-refractivity contribution is 7.89. The van der Waals surface area contributed by atoms with Crippen molar-refractivity contribution >= 4 is 27.9 Å². The fraction of sp³-hybridized carbons (Fsp3) is 0.185. The molecule has 0 fully saturated rings. The first-order valence-corrected chi connectivity index (χ1v) is 12.7. The molecule has 0 radical (unpaired) electrons. The topological polar surface area (TPSA) is 101 Å². The Morgan fingerprint density at radius 3 is 2.38 bits per heavy atom. The molecule has 1 atom stereocenters. The van der Waals surface area contributed by atoms with Crippen LogP contribution < -0.4 is 4.72 Å². The molecule has 37 heavy (non-hydrogen) atoms. The number of carbonyl (C=O) groups is 2. The van der Waals surface area contributed by atoms with Crippen molar-refractivity contribution in [3.8, 4) is 11.1 Å². The number of carbonyl (C=O) groups excluding carboxylic acids is 1. The number of carboxylic acids is 1. The molecule has 3 aromatic rings. The van der Waals surface area contributed by atoms with E-state index in [1.165, 1.54) is 31.2 Å². The monoisotopic (exact) mass is 529 g/mol. The third-order valence-corrected chi connectivity index (χ3v) is 7.67. The molecule has 0 amide bonds. The van der Waals surface area contributed by atoms with Gasteiger partial charge in [0.05, 0.1) is 10.5 Å². The number of Topliss-reactive ketones (excluding diaryl/α,β-unsaturated/α-hetero) is 1. The van der Waals surface area contributed by atoms with Crippen molar-refractivity contribution in [2.45, 2.75) is 36.9 Å². The first-order chi connectivity index (χ1) is 17.3. The highest BCUT2D eigenvalue weighted by Crippen LogP contribution is 2.38. The molecule has 10 heteroatoms. The SMILES string of the molecule is CC(=O)c1ccccc1-c1ccc(S(=O)(=O)NC2Cc3ccc(/C=C/C(=O)O)cc3C2)c(C(F)(F)F)c1. The molecular formula is C27H22F3NO5S. The number of hydrogen-bond donors (Lipinski definition) is 2. The molecule has 2 N–H and O–H groups in total. The standard InChI is InChI=1S/C27H22F3NO5S/c1-16(32)22-4-2-3-5-23(22)19-9-10-25(24(15-19)27(28,29)30)37(35,36)31-21-13-18-8-6-17(7-11-26(33)34)12-20(18)14-21/h2-12,15,21,31H,13-14H2,1H3,(H,33,34)/b11-7+. The molecule has 0 bridgehead atoms. The van der Waals surface area contributed by atoms with E-state index >= 15 is 0 Å². The van der Waals surface area contributed by atoms with Crippen LogP contribution in [0.4, 0.5) is 13.2 Å². The van der Waals surface area contributed by atoms with Crippen molar-refractivity contribution in [1.82, 2.24) is 4.72 Å². The lowest BCUT2D eigenvalue weighted by Gasteiger charge is -2.18. The van der Waals surface area contributed by atoms with Crippen LogP contribution in [0.5, 0.6) is 0 Å². The second kappa shape index (κ2) is 9.95. The average molecular weight is 530 g/mol. The van der Waals surface area contributed by atoms with Gasteiger partial charge >= 0.3 is 12.1 Å². The summed E-state index contributed by atoms with van der Waals surface area (Å²) in [6.45, 7) is 1.30. The second-order valence-corrected chi connectivity index (χ2v) is 10.4. The van der Waals surface area contributed by atoms with E-state index in [1.54, 1.807) is 30.3 Å². The Kier molecular flexibility index (Phi) is 7.07. The third kappa shape index (κ3) is 5.81. The van der Waals surface area contributed by atoms with Crippen molar-refractivity contribution in [1.29, 1.82) is 0 Å². The number of aliphatic carboxylic acids is 1. The van der Waals surface area contributed by atoms with Gasteiger partial charge in [0.15, 0.2) is 5.78 Å². The lowest BCUT2D eigenvalue weighted by molar-refractivity contribution is -0.139. The lowest BCUT2D eigenvalue weighted by Crippen LogP contribution is -2.36. The Morgan fingerprint density at radius 1 is 1.00 bits per heavy atom. The zero-order chi connectivity index (χ0) is 27.0. The summed E-state index contributed by atoms with van der Waals surface area (Å²) in [6, 6.07) is 13.6. The quantitative estimate of drug-likeness (QED) is 0.327. The molecule has 4 rings (SSSR count). The minimum Gasteiger partial charge on any atom is -0.478 e. The number of halogens is 3. The van der Waals surface area contributed by atoms with E-state index in [0.717, 1.165) is 29.3 Å². The zero-order valence-corrected chi connectivity index (χ0v) is 20.4. The Morgan fingerprint density at radius 2 is 1.70 bits per heavy atom. The largest absolute Gasteiger partial charge is 0.478 e. The Bertz CT molecular complexity index is 1530. The van der Waals surface area contributed by atoms with Gasteiger partial charge in [-0.1, -0.05) is 48.5 Å². The van der Waals surface area contributed by atoms with Crippen LogP contribution >= 0.6 is 0 Å². The molecule has 6 nitrogen and oxygen atoms in total. The van der Waals surface area contributed by atoms with Crippen molar-refractivity contribution in [2.75, 3.05) is 0 Å². The molecule has 1 aliphatic rings. The Balaban J connectivity index is 1.64. The summed E-state index contributed by atoms with van der Waals surface area (Å²) in [5.41, 5.74) is 1.48. The second-order valence-electron chi connectivity index (χ2n) is 8.74. The van der Waals surface area contributed by atoms with Crippen molar-refractivity contribution in [3.63, 3.8) is 0 Å². The normalized spacial score (nSPS) is 15.6. The molecule has 0 heterocycles. The number of benzene rings is 3. The smallest absolute Gasteiger partial charge is 0.417 e. The van der Waals surface area contributed by atoms with E-state index in [2.05, 4.69) is 4.72 Å². The fourth-order valence-electron chi connectivity index (χ4n) is 4.47. The van der Waals surface area contributed by atoms with Gasteiger partial charge < -0.3 is 5.11 Å². The predicted molar refractivity (Wildman–Crippen MR) is 132 cm³/mol. The molecule has 0 aliphatic heterocycles. The van der Waals surface area contributed by atoms with Gasteiger partial charge in [0.1, 0.15) is 0 Å². The van der Waals surface area contributed by atoms with Gasteiger partial charge in [-0.15, -0.1) is 0 Å². The predicted octanol–water partition coefficient (Wildman–Crippen LogP) is 5.12. The number of fused-ring (bicyclic) bond motifs is 1. The highest BCUT2D eigenvalue weighted by Gasteiger charge is 2.39. The van der Waals surface area contributed by atoms with Crippen molar-refractivity contribution in [3.05, 3.63) is 94.6 Å². The maximum Gasteiger partial charge on any atom is 0.417 e. The number of sulfonamides is 1. The van der Waals surface area contributed by atoms with Gasteiger partial charge in [0.25, 0.3) is 0 Å². The average Bonchev–Trinajstić information content (AvgIpc) is 3.22. The Hall–Kier alpha value is -3.76. The molecule has 1 unspecified atom stereocenters. The summed E-state index contributed by atoms with van der Waals surface area (Å²) in [4.78, 5) is 21.8. The summed E-state index contributed by atoms with van der Waals surface area (Å²) in [6.07, 6.45) is -2.05. The van der Waals surface area contributed by atoms with E-state index in [9.17, 15) is 31.2 Å². The summed E-state index contributed by atoms with van der Waals surface area (Å²) in [7, 11) is -4.56. The molecular weight excluding hydrogens is 507 g/mol. The van der Waals surface area contributed by atoms with Gasteiger partial charge in [-0.05, 0) is 65.8 Å². The van der Waals surface area contributed by atoms with E-state index in [0.29, 0.717) is 5.56 Å². The summed E-state index contributed by atoms with van der Waals surface area (Å²) in [5.74, 6) is -1.44. The van der Waals surface area contributed by atoms with E-state index in [-0.39, 0.29) is 35.3 Å². The molecule has 192 valence electrons. The lowest BCUT2D eigenvalue weighted by atomic mass is 9.96. The first-order valence-electron chi connectivity index (χ1n) is 11.2. The van der Waals surface area contributed by atoms with Crippen LogP contribution in [0.3, 0.4) is 0 Å². The van der Waals surface area contributed by atoms with Crippen LogP contribution in [0.25, 0.3) is 17.2 Å². The number of carboxylic acid groups (broad SMARTS) is 1. The molecule has 1 aliphatic carbocycles. The number of nitrogens with one attached hydrogen (secondary N) is 1. The molecule has 0 saturated carbocycles. The van der Waals surface area contributed by atoms with E-state index < -0.39 is 38.7 Å². The minimum absolute atomic E-state index is 0.0762. The zero-order valence-electron chi connectivity index (χ0n) is 19.5. The molecule has 3 aromatic carbocycles. The summed E-state index contributed by atoms with van der Waals surface area (Å²) in [5, 5.41) is 8.79. The highest BCUT2D eigenvalue weighted by atomic mass is 32.2. The van der Waals surface area contributed by atoms with Crippen LogP contribution in [0.2, 0.25) is 0 Å². The van der Waals surface area contributed by atoms with Crippen LogP contribution in [-0.2, 0) is 33.8 Å². The number of hydrogen-bond acceptors (Lipinski definition) is 4. The van der Waals surface area contributed by atoms with Crippen molar-refractivity contribution < 1.29 is 36.3 Å². The maximum atomic E-state index is 14.0. The number of ketones is 1. The fourth-order valence-corrected chi connectivity index (χ4v) is 5.91. The van der Waals surface area contributed by atoms with Gasteiger partial charge in [0, 0.05) is 17.7 Å². The van der Waals surface area contributed by atoms with Crippen LogP contribution in [0.1, 0.15) is 39.5 Å². The van der Waals surface area contributed by atoms with Crippen LogP contribution in [0.15, 0.2) is 71.6 Å². The summed E-state index contributed by atoms with van der Waals surface area (Å²) >= 11 is 0. The number of alkyl halides is 3. The molecule has 0 spiro atoms. The van der Waals surface area contributed by atoms with Gasteiger partial charge in [-0.2, -0.15) is 13.2 Å². The molecule has 0 saturated heterocycles. The summed E-state index contributed by atoms with van der Waals surface area (Å²) < 4.78 is 70.7. The van der Waals surface area contributed by atoms with E-state index in [4.69, 9.17) is 5.11 Å². The Labute approximate surface area is 211 Å². The van der Waals surface area contributed by atoms with Gasteiger partial charge in [-0.25, -0.2) is 17.9 Å². The minimum atomic E-state index is -4.96. The maximum absolute atomic E-state index is 14.0. The third-order valence-electron chi connectivity index (χ3n) is 6.09. The number of rotatable bonds is 7. The van der Waals surface area contributed by atoms with Crippen LogP contribution in [0, 0.1) is 0 Å². The first kappa shape index (κ1) is 26.3. The van der Waals surface area contributed by atoms with Gasteiger partial charge in [-0.3, -0.25) is 4.79 Å². The van der Waals surface area contributed by atoms with E-state index in [1.807, 2.05) is 0 Å². The van der Waals surface area contributed by atoms with Gasteiger partial charge in [0.2, 0.25) is 10.0 Å². The molecule has 0 aromatic heterocycles. The van der Waals surface area contributed by atoms with Crippen molar-refractivity contribution in [2.24, 2.45) is 0 Å². The van der Waals surface area contributed by atoms with Crippen LogP contribution in [-0.4, -0.2) is 31.3 Å².